The molecule has 0 unspecified atom stereocenters. The first-order valence-electron chi connectivity index (χ1n) is 6.44. The first-order chi connectivity index (χ1) is 9.36. The largest absolute Gasteiger partial charge is 0.423 e. The maximum Gasteiger partial charge on any atom is 0.343 e. The predicted octanol–water partition coefficient (Wildman–Crippen LogP) is 4.34. The van der Waals surface area contributed by atoms with Crippen LogP contribution in [0.25, 0.3) is 0 Å². The van der Waals surface area contributed by atoms with Crippen molar-refractivity contribution in [1.82, 2.24) is 0 Å². The Balaban J connectivity index is 2.12. The second-order valence-electron chi connectivity index (χ2n) is 5.67. The van der Waals surface area contributed by atoms with Gasteiger partial charge in [-0.2, -0.15) is 0 Å². The monoisotopic (exact) mass is 272 g/mol. The number of carbonyl (C=O) groups is 1. The molecule has 0 fully saturated rings. The van der Waals surface area contributed by atoms with Gasteiger partial charge in [-0.3, -0.25) is 0 Å². The van der Waals surface area contributed by atoms with Crippen LogP contribution in [0.4, 0.5) is 4.39 Å². The summed E-state index contributed by atoms with van der Waals surface area (Å²) in [5.74, 6) is -0.567. The van der Waals surface area contributed by atoms with E-state index in [-0.39, 0.29) is 11.0 Å². The third-order valence-electron chi connectivity index (χ3n) is 2.99. The Labute approximate surface area is 118 Å². The van der Waals surface area contributed by atoms with Gasteiger partial charge in [-0.25, -0.2) is 9.18 Å². The van der Waals surface area contributed by atoms with E-state index >= 15 is 0 Å². The van der Waals surface area contributed by atoms with Crippen LogP contribution >= 0.6 is 0 Å². The molecule has 104 valence electrons. The van der Waals surface area contributed by atoms with Crippen molar-refractivity contribution in [1.29, 1.82) is 0 Å². The van der Waals surface area contributed by atoms with Gasteiger partial charge in [-0.05, 0) is 41.3 Å². The normalized spacial score (nSPS) is 11.2. The van der Waals surface area contributed by atoms with E-state index in [2.05, 4.69) is 20.8 Å². The Morgan fingerprint density at radius 2 is 1.70 bits per heavy atom. The quantitative estimate of drug-likeness (QED) is 0.600. The molecule has 0 atom stereocenters. The lowest BCUT2D eigenvalue weighted by Gasteiger charge is -2.18. The highest BCUT2D eigenvalue weighted by Gasteiger charge is 2.14. The fourth-order valence-corrected chi connectivity index (χ4v) is 1.80. The summed E-state index contributed by atoms with van der Waals surface area (Å²) in [5, 5.41) is 0. The maximum atomic E-state index is 13.0. The minimum Gasteiger partial charge on any atom is -0.423 e. The van der Waals surface area contributed by atoms with Crippen LogP contribution in [0.15, 0.2) is 48.5 Å². The van der Waals surface area contributed by atoms with Crippen molar-refractivity contribution < 1.29 is 13.9 Å². The van der Waals surface area contributed by atoms with Gasteiger partial charge in [0.05, 0.1) is 5.56 Å². The van der Waals surface area contributed by atoms with Crippen molar-refractivity contribution in [2.75, 3.05) is 0 Å². The molecule has 2 nitrogen and oxygen atoms in total. The average molecular weight is 272 g/mol. The lowest BCUT2D eigenvalue weighted by atomic mass is 9.87. The smallest absolute Gasteiger partial charge is 0.343 e. The summed E-state index contributed by atoms with van der Waals surface area (Å²) < 4.78 is 18.3. The van der Waals surface area contributed by atoms with Crippen molar-refractivity contribution in [2.24, 2.45) is 0 Å². The topological polar surface area (TPSA) is 26.3 Å². The molecule has 0 aliphatic rings. The first-order valence-corrected chi connectivity index (χ1v) is 6.44. The molecule has 0 saturated heterocycles. The molecule has 2 aromatic rings. The number of ether oxygens (including phenoxy) is 1. The highest BCUT2D eigenvalue weighted by Crippen LogP contribution is 2.24. The molecule has 2 aromatic carbocycles. The number of esters is 1. The second-order valence-corrected chi connectivity index (χ2v) is 5.67. The Morgan fingerprint density at radius 1 is 1.05 bits per heavy atom. The van der Waals surface area contributed by atoms with Crippen LogP contribution in [-0.2, 0) is 5.41 Å². The number of hydrogen-bond acceptors (Lipinski definition) is 2. The van der Waals surface area contributed by atoms with E-state index in [1.165, 1.54) is 18.2 Å². The van der Waals surface area contributed by atoms with Crippen molar-refractivity contribution in [3.63, 3.8) is 0 Å². The van der Waals surface area contributed by atoms with Gasteiger partial charge in [0.15, 0.2) is 0 Å². The van der Waals surface area contributed by atoms with Crippen LogP contribution in [-0.4, -0.2) is 5.97 Å². The van der Waals surface area contributed by atoms with Crippen LogP contribution in [0, 0.1) is 5.82 Å². The third-order valence-corrected chi connectivity index (χ3v) is 2.99. The van der Waals surface area contributed by atoms with E-state index in [1.807, 2.05) is 12.1 Å². The molecule has 3 heteroatoms. The fourth-order valence-electron chi connectivity index (χ4n) is 1.80. The molecule has 0 amide bonds. The van der Waals surface area contributed by atoms with E-state index < -0.39 is 11.8 Å². The summed E-state index contributed by atoms with van der Waals surface area (Å²) in [6.45, 7) is 6.34. The molecule has 0 heterocycles. The number of benzene rings is 2. The van der Waals surface area contributed by atoms with Gasteiger partial charge in [0.2, 0.25) is 0 Å². The number of carbonyl (C=O) groups excluding carboxylic acids is 1. The molecule has 20 heavy (non-hydrogen) atoms. The summed E-state index contributed by atoms with van der Waals surface area (Å²) in [5.41, 5.74) is 1.40. The molecule has 0 aromatic heterocycles. The van der Waals surface area contributed by atoms with Gasteiger partial charge in [-0.15, -0.1) is 0 Å². The van der Waals surface area contributed by atoms with E-state index in [0.29, 0.717) is 5.75 Å². The van der Waals surface area contributed by atoms with Gasteiger partial charge < -0.3 is 4.74 Å². The standard InChI is InChI=1S/C17H17FO2/c1-17(2,3)13-7-9-15(10-8-13)20-16(19)12-5-4-6-14(18)11-12/h4-11H,1-3H3. The minimum atomic E-state index is -0.562. The lowest BCUT2D eigenvalue weighted by Crippen LogP contribution is -2.11. The summed E-state index contributed by atoms with van der Waals surface area (Å²) in [4.78, 5) is 11.9. The molecule has 0 aliphatic carbocycles. The number of rotatable bonds is 2. The van der Waals surface area contributed by atoms with E-state index in [1.54, 1.807) is 12.1 Å². The van der Waals surface area contributed by atoms with Gasteiger partial charge >= 0.3 is 5.97 Å². The molecular weight excluding hydrogens is 255 g/mol. The lowest BCUT2D eigenvalue weighted by molar-refractivity contribution is 0.0734. The Kier molecular flexibility index (Phi) is 3.89. The number of halogens is 1. The van der Waals surface area contributed by atoms with Gasteiger partial charge in [0.25, 0.3) is 0 Å². The van der Waals surface area contributed by atoms with Gasteiger partial charge in [0.1, 0.15) is 11.6 Å². The Hall–Kier alpha value is -2.16. The summed E-state index contributed by atoms with van der Waals surface area (Å²) in [6, 6.07) is 12.8. The molecule has 0 radical (unpaired) electrons. The van der Waals surface area contributed by atoms with Crippen molar-refractivity contribution in [3.8, 4) is 5.75 Å². The van der Waals surface area contributed by atoms with Gasteiger partial charge in [0, 0.05) is 0 Å². The highest BCUT2D eigenvalue weighted by molar-refractivity contribution is 5.91. The molecule has 0 bridgehead atoms. The second kappa shape index (κ2) is 5.45. The number of hydrogen-bond donors (Lipinski definition) is 0. The van der Waals surface area contributed by atoms with E-state index in [9.17, 15) is 9.18 Å². The SMILES string of the molecule is CC(C)(C)c1ccc(OC(=O)c2cccc(F)c2)cc1. The Morgan fingerprint density at radius 3 is 2.25 bits per heavy atom. The highest BCUT2D eigenvalue weighted by atomic mass is 19.1. The predicted molar refractivity (Wildman–Crippen MR) is 76.5 cm³/mol. The zero-order chi connectivity index (χ0) is 14.8. The molecule has 0 saturated carbocycles. The van der Waals surface area contributed by atoms with Crippen molar-refractivity contribution >= 4 is 5.97 Å². The van der Waals surface area contributed by atoms with Crippen LogP contribution in [0.2, 0.25) is 0 Å². The zero-order valence-corrected chi connectivity index (χ0v) is 11.8. The molecule has 0 aliphatic heterocycles. The average Bonchev–Trinajstić information content (AvgIpc) is 2.38. The molecular formula is C17H17FO2. The van der Waals surface area contributed by atoms with E-state index in [0.717, 1.165) is 11.6 Å². The van der Waals surface area contributed by atoms with Crippen LogP contribution in [0.5, 0.6) is 5.75 Å². The van der Waals surface area contributed by atoms with E-state index in [4.69, 9.17) is 4.74 Å². The van der Waals surface area contributed by atoms with Crippen LogP contribution < -0.4 is 4.74 Å². The molecule has 0 N–H and O–H groups in total. The summed E-state index contributed by atoms with van der Waals surface area (Å²) >= 11 is 0. The van der Waals surface area contributed by atoms with Crippen molar-refractivity contribution in [2.45, 2.75) is 26.2 Å². The third kappa shape index (κ3) is 3.44. The Bertz CT molecular complexity index is 610. The van der Waals surface area contributed by atoms with Crippen molar-refractivity contribution in [3.05, 3.63) is 65.5 Å². The maximum absolute atomic E-state index is 13.0. The zero-order valence-electron chi connectivity index (χ0n) is 11.8. The van der Waals surface area contributed by atoms with Crippen LogP contribution in [0.1, 0.15) is 36.7 Å². The van der Waals surface area contributed by atoms with Crippen LogP contribution in [0.3, 0.4) is 0 Å². The molecule has 0 spiro atoms. The first kappa shape index (κ1) is 14.3. The summed E-state index contributed by atoms with van der Waals surface area (Å²) in [7, 11) is 0. The van der Waals surface area contributed by atoms with Gasteiger partial charge in [-0.1, -0.05) is 39.0 Å². The molecule has 2 rings (SSSR count). The fraction of sp³-hybridized carbons (Fsp3) is 0.235. The summed E-state index contributed by atoms with van der Waals surface area (Å²) in [6.07, 6.45) is 0. The minimum absolute atomic E-state index is 0.0467.